The highest BCUT2D eigenvalue weighted by Gasteiger charge is 2.45. The Morgan fingerprint density at radius 3 is 2.43 bits per heavy atom. The van der Waals surface area contributed by atoms with E-state index in [-0.39, 0.29) is 6.54 Å². The normalized spacial score (nSPS) is 15.7. The summed E-state index contributed by atoms with van der Waals surface area (Å²) in [5.41, 5.74) is -0.739. The van der Waals surface area contributed by atoms with E-state index in [1.165, 1.54) is 0 Å². The number of carbonyl (C=O) groups excluding carboxylic acids is 2. The quantitative estimate of drug-likeness (QED) is 0.742. The molecule has 2 rings (SSSR count). The predicted molar refractivity (Wildman–Crippen MR) is 78.8 cm³/mol. The molecule has 2 amide bonds. The van der Waals surface area contributed by atoms with Gasteiger partial charge in [0.25, 0.3) is 5.91 Å². The number of amides is 2. The third-order valence-corrected chi connectivity index (χ3v) is 4.21. The summed E-state index contributed by atoms with van der Waals surface area (Å²) in [6, 6.07) is 6.85. The van der Waals surface area contributed by atoms with Crippen molar-refractivity contribution >= 4 is 33.7 Å². The smallest absolute Gasteiger partial charge is 0.329 e. The molecule has 21 heavy (non-hydrogen) atoms. The maximum atomic E-state index is 11.9. The van der Waals surface area contributed by atoms with Crippen LogP contribution < -0.4 is 10.6 Å². The van der Waals surface area contributed by atoms with Crippen LogP contribution in [-0.2, 0) is 9.59 Å². The van der Waals surface area contributed by atoms with Crippen LogP contribution in [0.1, 0.15) is 29.6 Å². The van der Waals surface area contributed by atoms with Gasteiger partial charge in [0, 0.05) is 4.47 Å². The maximum Gasteiger partial charge on any atom is 0.329 e. The van der Waals surface area contributed by atoms with E-state index in [1.807, 2.05) is 0 Å². The molecule has 1 aromatic carbocycles. The summed E-state index contributed by atoms with van der Waals surface area (Å²) in [6.07, 6.45) is 1.62. The molecule has 0 aliphatic heterocycles. The number of hydrogen-bond acceptors (Lipinski definition) is 3. The summed E-state index contributed by atoms with van der Waals surface area (Å²) in [6.45, 7) is -0.255. The molecule has 6 nitrogen and oxygen atoms in total. The number of halogens is 1. The first kappa shape index (κ1) is 15.5. The number of aliphatic carboxylic acids is 1. The lowest BCUT2D eigenvalue weighted by atomic mass is 9.77. The number of carboxylic acids is 1. The number of rotatable bonds is 5. The molecule has 0 saturated heterocycles. The second kappa shape index (κ2) is 6.26. The molecule has 112 valence electrons. The topological polar surface area (TPSA) is 95.5 Å². The van der Waals surface area contributed by atoms with E-state index in [9.17, 15) is 14.4 Å². The molecule has 1 aromatic rings. The van der Waals surface area contributed by atoms with Gasteiger partial charge in [-0.15, -0.1) is 0 Å². The molecule has 3 N–H and O–H groups in total. The summed E-state index contributed by atoms with van der Waals surface area (Å²) in [4.78, 5) is 34.8. The van der Waals surface area contributed by atoms with Crippen LogP contribution in [0.15, 0.2) is 28.7 Å². The SMILES string of the molecule is O=C(CNC(=O)c1ccccc1Br)NC1(C(=O)O)CCC1. The minimum absolute atomic E-state index is 0.255. The Bertz CT molecular complexity index is 584. The van der Waals surface area contributed by atoms with Crippen molar-refractivity contribution in [1.29, 1.82) is 0 Å². The van der Waals surface area contributed by atoms with E-state index < -0.39 is 23.3 Å². The lowest BCUT2D eigenvalue weighted by Gasteiger charge is -2.38. The van der Waals surface area contributed by atoms with Gasteiger partial charge in [-0.1, -0.05) is 12.1 Å². The Balaban J connectivity index is 1.88. The van der Waals surface area contributed by atoms with Crippen molar-refractivity contribution in [1.82, 2.24) is 10.6 Å². The van der Waals surface area contributed by atoms with Crippen molar-refractivity contribution in [2.24, 2.45) is 0 Å². The molecule has 0 unspecified atom stereocenters. The van der Waals surface area contributed by atoms with E-state index >= 15 is 0 Å². The van der Waals surface area contributed by atoms with E-state index in [0.29, 0.717) is 22.9 Å². The van der Waals surface area contributed by atoms with Gasteiger partial charge in [0.2, 0.25) is 5.91 Å². The Labute approximate surface area is 130 Å². The van der Waals surface area contributed by atoms with Crippen molar-refractivity contribution in [2.45, 2.75) is 24.8 Å². The molecule has 0 spiro atoms. The van der Waals surface area contributed by atoms with Crippen LogP contribution in [0.5, 0.6) is 0 Å². The molecular weight excluding hydrogens is 340 g/mol. The zero-order valence-electron chi connectivity index (χ0n) is 11.2. The Morgan fingerprint density at radius 2 is 1.90 bits per heavy atom. The number of hydrogen-bond donors (Lipinski definition) is 3. The maximum absolute atomic E-state index is 11.9. The fraction of sp³-hybridized carbons (Fsp3) is 0.357. The van der Waals surface area contributed by atoms with Crippen molar-refractivity contribution in [3.05, 3.63) is 34.3 Å². The lowest BCUT2D eigenvalue weighted by Crippen LogP contribution is -2.60. The molecule has 7 heteroatoms. The van der Waals surface area contributed by atoms with Crippen molar-refractivity contribution in [2.75, 3.05) is 6.54 Å². The van der Waals surface area contributed by atoms with Gasteiger partial charge in [-0.2, -0.15) is 0 Å². The fourth-order valence-corrected chi connectivity index (χ4v) is 2.60. The Kier molecular flexibility index (Phi) is 4.62. The van der Waals surface area contributed by atoms with Crippen molar-refractivity contribution < 1.29 is 19.5 Å². The number of carboxylic acid groups (broad SMARTS) is 1. The highest BCUT2D eigenvalue weighted by molar-refractivity contribution is 9.10. The van der Waals surface area contributed by atoms with E-state index in [2.05, 4.69) is 26.6 Å². The molecule has 1 aliphatic rings. The van der Waals surface area contributed by atoms with Gasteiger partial charge < -0.3 is 15.7 Å². The average Bonchev–Trinajstić information content (AvgIpc) is 2.40. The monoisotopic (exact) mass is 354 g/mol. The molecular formula is C14H15BrN2O4. The molecule has 1 saturated carbocycles. The third kappa shape index (κ3) is 3.41. The van der Waals surface area contributed by atoms with Gasteiger partial charge in [0.15, 0.2) is 0 Å². The Morgan fingerprint density at radius 1 is 1.24 bits per heavy atom. The minimum atomic E-state index is -1.16. The lowest BCUT2D eigenvalue weighted by molar-refractivity contribution is -0.151. The van der Waals surface area contributed by atoms with Gasteiger partial charge in [-0.3, -0.25) is 9.59 Å². The molecule has 0 bridgehead atoms. The predicted octanol–water partition coefficient (Wildman–Crippen LogP) is 1.30. The summed E-state index contributed by atoms with van der Waals surface area (Å²) < 4.78 is 0.629. The highest BCUT2D eigenvalue weighted by Crippen LogP contribution is 2.31. The standard InChI is InChI=1S/C14H15BrN2O4/c15-10-5-2-1-4-9(10)12(19)16-8-11(18)17-14(13(20)21)6-3-7-14/h1-2,4-5H,3,6-8H2,(H,16,19)(H,17,18)(H,20,21). The zero-order valence-corrected chi connectivity index (χ0v) is 12.8. The molecule has 0 radical (unpaired) electrons. The first-order valence-electron chi connectivity index (χ1n) is 6.52. The van der Waals surface area contributed by atoms with E-state index in [0.717, 1.165) is 6.42 Å². The largest absolute Gasteiger partial charge is 0.480 e. The van der Waals surface area contributed by atoms with Crippen LogP contribution in [0.2, 0.25) is 0 Å². The first-order chi connectivity index (χ1) is 9.94. The van der Waals surface area contributed by atoms with Crippen molar-refractivity contribution in [3.8, 4) is 0 Å². The van der Waals surface area contributed by atoms with Gasteiger partial charge >= 0.3 is 5.97 Å². The summed E-state index contributed by atoms with van der Waals surface area (Å²) >= 11 is 3.25. The summed E-state index contributed by atoms with van der Waals surface area (Å²) in [5.74, 6) is -1.92. The average molecular weight is 355 g/mol. The zero-order chi connectivity index (χ0) is 15.5. The molecule has 0 atom stereocenters. The summed E-state index contributed by atoms with van der Waals surface area (Å²) in [7, 11) is 0. The molecule has 0 aromatic heterocycles. The van der Waals surface area contributed by atoms with Crippen LogP contribution >= 0.6 is 15.9 Å². The highest BCUT2D eigenvalue weighted by atomic mass is 79.9. The molecule has 0 heterocycles. The van der Waals surface area contributed by atoms with Gasteiger partial charge in [0.05, 0.1) is 12.1 Å². The van der Waals surface area contributed by atoms with Gasteiger partial charge in [0.1, 0.15) is 5.54 Å². The fourth-order valence-electron chi connectivity index (χ4n) is 2.13. The van der Waals surface area contributed by atoms with Gasteiger partial charge in [-0.05, 0) is 47.3 Å². The third-order valence-electron chi connectivity index (χ3n) is 3.52. The van der Waals surface area contributed by atoms with Crippen LogP contribution in [0.4, 0.5) is 0 Å². The molecule has 1 fully saturated rings. The minimum Gasteiger partial charge on any atom is -0.480 e. The number of carbonyl (C=O) groups is 3. The van der Waals surface area contributed by atoms with Crippen LogP contribution in [0, 0.1) is 0 Å². The second-order valence-electron chi connectivity index (χ2n) is 4.95. The van der Waals surface area contributed by atoms with E-state index in [4.69, 9.17) is 5.11 Å². The van der Waals surface area contributed by atoms with E-state index in [1.54, 1.807) is 24.3 Å². The van der Waals surface area contributed by atoms with Crippen LogP contribution in [0.25, 0.3) is 0 Å². The van der Waals surface area contributed by atoms with Crippen LogP contribution in [-0.4, -0.2) is 35.0 Å². The first-order valence-corrected chi connectivity index (χ1v) is 7.31. The summed E-state index contributed by atoms with van der Waals surface area (Å²) in [5, 5.41) is 14.1. The van der Waals surface area contributed by atoms with Crippen molar-refractivity contribution in [3.63, 3.8) is 0 Å². The van der Waals surface area contributed by atoms with Gasteiger partial charge in [-0.25, -0.2) is 4.79 Å². The number of benzene rings is 1. The second-order valence-corrected chi connectivity index (χ2v) is 5.81. The Hall–Kier alpha value is -1.89. The number of nitrogens with one attached hydrogen (secondary N) is 2. The van der Waals surface area contributed by atoms with Crippen LogP contribution in [0.3, 0.4) is 0 Å². The molecule has 1 aliphatic carbocycles.